The molecule has 0 fully saturated rings. The molecule has 3 rings (SSSR count). The fourth-order valence-corrected chi connectivity index (χ4v) is 3.67. The summed E-state index contributed by atoms with van der Waals surface area (Å²) in [5.41, 5.74) is 9.58. The molecule has 94 valence electrons. The van der Waals surface area contributed by atoms with Crippen molar-refractivity contribution in [2.45, 2.75) is 32.5 Å². The smallest absolute Gasteiger partial charge is 0.0958 e. The summed E-state index contributed by atoms with van der Waals surface area (Å²) in [4.78, 5) is 5.68. The number of fused-ring (bicyclic) bond motifs is 1. The van der Waals surface area contributed by atoms with Crippen LogP contribution in [0.15, 0.2) is 24.4 Å². The standard InChI is InChI=1S/C14H16N2OS/c1-8-7-10-12(11-5-3-4-6-16-11)14(15)18-13(10)9(2)17-8/h3-6,8-9H,7,15H2,1-2H3. The van der Waals surface area contributed by atoms with E-state index in [1.807, 2.05) is 24.4 Å². The average molecular weight is 260 g/mol. The van der Waals surface area contributed by atoms with E-state index in [2.05, 4.69) is 18.8 Å². The lowest BCUT2D eigenvalue weighted by molar-refractivity contribution is -0.00200. The molecule has 2 aromatic heterocycles. The van der Waals surface area contributed by atoms with Gasteiger partial charge < -0.3 is 10.5 Å². The van der Waals surface area contributed by atoms with Crippen molar-refractivity contribution in [3.8, 4) is 11.3 Å². The molecule has 0 saturated carbocycles. The van der Waals surface area contributed by atoms with E-state index in [1.54, 1.807) is 11.3 Å². The van der Waals surface area contributed by atoms with E-state index in [9.17, 15) is 0 Å². The Kier molecular flexibility index (Phi) is 2.84. The van der Waals surface area contributed by atoms with E-state index < -0.39 is 0 Å². The maximum atomic E-state index is 6.18. The molecule has 1 aliphatic heterocycles. The summed E-state index contributed by atoms with van der Waals surface area (Å²) in [5, 5.41) is 0.850. The monoisotopic (exact) mass is 260 g/mol. The number of anilines is 1. The first kappa shape index (κ1) is 11.7. The quantitative estimate of drug-likeness (QED) is 0.854. The third-order valence-corrected chi connectivity index (χ3v) is 4.51. The largest absolute Gasteiger partial charge is 0.390 e. The number of nitrogens with zero attached hydrogens (tertiary/aromatic N) is 1. The molecule has 0 saturated heterocycles. The highest BCUT2D eigenvalue weighted by atomic mass is 32.1. The summed E-state index contributed by atoms with van der Waals surface area (Å²) >= 11 is 1.63. The van der Waals surface area contributed by atoms with E-state index in [0.717, 1.165) is 22.7 Å². The van der Waals surface area contributed by atoms with Gasteiger partial charge in [0.25, 0.3) is 0 Å². The Morgan fingerprint density at radius 3 is 2.94 bits per heavy atom. The zero-order chi connectivity index (χ0) is 12.7. The van der Waals surface area contributed by atoms with Crippen molar-refractivity contribution in [3.63, 3.8) is 0 Å². The molecule has 18 heavy (non-hydrogen) atoms. The maximum absolute atomic E-state index is 6.18. The number of aromatic nitrogens is 1. The van der Waals surface area contributed by atoms with Crippen LogP contribution in [-0.4, -0.2) is 11.1 Å². The van der Waals surface area contributed by atoms with Crippen LogP contribution >= 0.6 is 11.3 Å². The maximum Gasteiger partial charge on any atom is 0.0958 e. The predicted octanol–water partition coefficient (Wildman–Crippen LogP) is 3.41. The third kappa shape index (κ3) is 1.82. The van der Waals surface area contributed by atoms with Crippen molar-refractivity contribution >= 4 is 16.3 Å². The zero-order valence-corrected chi connectivity index (χ0v) is 11.3. The molecule has 0 aliphatic carbocycles. The number of pyridine rings is 1. The van der Waals surface area contributed by atoms with Crippen molar-refractivity contribution in [2.24, 2.45) is 0 Å². The van der Waals surface area contributed by atoms with Gasteiger partial charge in [0.05, 0.1) is 22.9 Å². The number of ether oxygens (including phenoxy) is 1. The number of hydrogen-bond donors (Lipinski definition) is 1. The lowest BCUT2D eigenvalue weighted by atomic mass is 9.97. The number of nitrogen functional groups attached to an aromatic ring is 1. The van der Waals surface area contributed by atoms with Crippen LogP contribution < -0.4 is 5.73 Å². The lowest BCUT2D eigenvalue weighted by Gasteiger charge is -2.26. The molecule has 2 unspecified atom stereocenters. The molecule has 0 aromatic carbocycles. The van der Waals surface area contributed by atoms with Gasteiger partial charge in [0, 0.05) is 23.1 Å². The van der Waals surface area contributed by atoms with Gasteiger partial charge in [0.2, 0.25) is 0 Å². The van der Waals surface area contributed by atoms with Crippen molar-refractivity contribution < 1.29 is 4.74 Å². The molecule has 0 radical (unpaired) electrons. The van der Waals surface area contributed by atoms with Crippen LogP contribution in [-0.2, 0) is 11.2 Å². The Balaban J connectivity index is 2.17. The Morgan fingerprint density at radius 1 is 1.39 bits per heavy atom. The zero-order valence-electron chi connectivity index (χ0n) is 10.5. The fourth-order valence-electron chi connectivity index (χ4n) is 2.57. The van der Waals surface area contributed by atoms with Gasteiger partial charge in [-0.25, -0.2) is 0 Å². The van der Waals surface area contributed by atoms with Crippen LogP contribution in [0.25, 0.3) is 11.3 Å². The summed E-state index contributed by atoms with van der Waals surface area (Å²) in [6.45, 7) is 4.20. The van der Waals surface area contributed by atoms with E-state index >= 15 is 0 Å². The van der Waals surface area contributed by atoms with Crippen LogP contribution in [0.3, 0.4) is 0 Å². The van der Waals surface area contributed by atoms with Crippen molar-refractivity contribution in [2.75, 3.05) is 5.73 Å². The topological polar surface area (TPSA) is 48.1 Å². The third-order valence-electron chi connectivity index (χ3n) is 3.28. The SMILES string of the molecule is CC1Cc2c(sc(N)c2-c2ccccn2)C(C)O1. The van der Waals surface area contributed by atoms with Crippen molar-refractivity contribution in [1.82, 2.24) is 4.98 Å². The normalized spacial score (nSPS) is 22.8. The second kappa shape index (κ2) is 4.37. The molecule has 4 heteroatoms. The molecular weight excluding hydrogens is 244 g/mol. The van der Waals surface area contributed by atoms with Crippen LogP contribution in [0.4, 0.5) is 5.00 Å². The minimum Gasteiger partial charge on any atom is -0.390 e. The van der Waals surface area contributed by atoms with Crippen LogP contribution in [0.5, 0.6) is 0 Å². The number of nitrogens with two attached hydrogens (primary N) is 1. The molecule has 2 aromatic rings. The predicted molar refractivity (Wildman–Crippen MR) is 74.6 cm³/mol. The fraction of sp³-hybridized carbons (Fsp3) is 0.357. The Morgan fingerprint density at radius 2 is 2.22 bits per heavy atom. The first-order chi connectivity index (χ1) is 8.66. The average Bonchev–Trinajstić information content (AvgIpc) is 2.67. The summed E-state index contributed by atoms with van der Waals surface area (Å²) in [5.74, 6) is 0. The number of hydrogen-bond acceptors (Lipinski definition) is 4. The molecule has 0 bridgehead atoms. The molecule has 2 N–H and O–H groups in total. The molecule has 3 nitrogen and oxygen atoms in total. The van der Waals surface area contributed by atoms with E-state index in [0.29, 0.717) is 0 Å². The first-order valence-electron chi connectivity index (χ1n) is 6.14. The minimum atomic E-state index is 0.133. The van der Waals surface area contributed by atoms with Gasteiger partial charge in [-0.05, 0) is 31.5 Å². The van der Waals surface area contributed by atoms with Crippen LogP contribution in [0.1, 0.15) is 30.4 Å². The van der Waals surface area contributed by atoms with Gasteiger partial charge in [-0.15, -0.1) is 11.3 Å². The number of thiophene rings is 1. The van der Waals surface area contributed by atoms with Gasteiger partial charge in [-0.3, -0.25) is 4.98 Å². The lowest BCUT2D eigenvalue weighted by Crippen LogP contribution is -2.20. The summed E-state index contributed by atoms with van der Waals surface area (Å²) in [6.07, 6.45) is 3.10. The van der Waals surface area contributed by atoms with Gasteiger partial charge in [0.1, 0.15) is 0 Å². The van der Waals surface area contributed by atoms with Crippen LogP contribution in [0, 0.1) is 0 Å². The van der Waals surface area contributed by atoms with Crippen molar-refractivity contribution in [3.05, 3.63) is 34.8 Å². The molecule has 1 aliphatic rings. The van der Waals surface area contributed by atoms with Gasteiger partial charge in [-0.1, -0.05) is 6.07 Å². The van der Waals surface area contributed by atoms with Gasteiger partial charge in [-0.2, -0.15) is 0 Å². The van der Waals surface area contributed by atoms with Crippen LogP contribution in [0.2, 0.25) is 0 Å². The molecule has 0 spiro atoms. The molecule has 0 amide bonds. The first-order valence-corrected chi connectivity index (χ1v) is 6.96. The molecule has 3 heterocycles. The Bertz CT molecular complexity index is 565. The Labute approximate surface area is 111 Å². The summed E-state index contributed by atoms with van der Waals surface area (Å²) in [6, 6.07) is 5.94. The second-order valence-electron chi connectivity index (χ2n) is 4.69. The highest BCUT2D eigenvalue weighted by Gasteiger charge is 2.29. The highest BCUT2D eigenvalue weighted by Crippen LogP contribution is 2.45. The van der Waals surface area contributed by atoms with Gasteiger partial charge in [0.15, 0.2) is 0 Å². The molecular formula is C14H16N2OS. The molecule has 2 atom stereocenters. The second-order valence-corrected chi connectivity index (χ2v) is 5.78. The highest BCUT2D eigenvalue weighted by molar-refractivity contribution is 7.16. The summed E-state index contributed by atoms with van der Waals surface area (Å²) < 4.78 is 5.85. The summed E-state index contributed by atoms with van der Waals surface area (Å²) in [7, 11) is 0. The van der Waals surface area contributed by atoms with E-state index in [4.69, 9.17) is 10.5 Å². The Hall–Kier alpha value is -1.39. The van der Waals surface area contributed by atoms with E-state index in [-0.39, 0.29) is 12.2 Å². The van der Waals surface area contributed by atoms with Gasteiger partial charge >= 0.3 is 0 Å². The minimum absolute atomic E-state index is 0.133. The van der Waals surface area contributed by atoms with Crippen molar-refractivity contribution in [1.29, 1.82) is 0 Å². The number of rotatable bonds is 1. The van der Waals surface area contributed by atoms with E-state index in [1.165, 1.54) is 10.4 Å².